The van der Waals surface area contributed by atoms with Crippen molar-refractivity contribution >= 4 is 34.3 Å². The van der Waals surface area contributed by atoms with E-state index in [1.165, 1.54) is 25.1 Å². The second-order valence-electron chi connectivity index (χ2n) is 3.89. The van der Waals surface area contributed by atoms with Crippen molar-refractivity contribution in [2.45, 2.75) is 32.6 Å². The van der Waals surface area contributed by atoms with Gasteiger partial charge in [-0.25, -0.2) is 0 Å². The molecule has 16 heavy (non-hydrogen) atoms. The fourth-order valence-electron chi connectivity index (χ4n) is 1.78. The van der Waals surface area contributed by atoms with Crippen LogP contribution >= 0.6 is 34.3 Å². The summed E-state index contributed by atoms with van der Waals surface area (Å²) in [5.74, 6) is 0. The van der Waals surface area contributed by atoms with E-state index in [1.54, 1.807) is 0 Å². The quantitative estimate of drug-likeness (QED) is 0.663. The largest absolute Gasteiger partial charge is 0.146 e. The standard InChI is InChI=1S/C13H15ClS2/c1-4-10-5-6-12(16-10)13(14)11-7-8(2)15-9(11)3/h5-7,13H,4H2,1-3H3. The Hall–Kier alpha value is -0.310. The Morgan fingerprint density at radius 1 is 1.25 bits per heavy atom. The van der Waals surface area contributed by atoms with Crippen LogP contribution in [0.5, 0.6) is 0 Å². The second-order valence-corrected chi connectivity index (χ2v) is 6.99. The van der Waals surface area contributed by atoms with Crippen molar-refractivity contribution in [1.82, 2.24) is 0 Å². The van der Waals surface area contributed by atoms with E-state index < -0.39 is 0 Å². The molecule has 0 spiro atoms. The fraction of sp³-hybridized carbons (Fsp3) is 0.385. The van der Waals surface area contributed by atoms with Crippen LogP contribution in [0.1, 0.15) is 37.4 Å². The molecule has 2 aromatic heterocycles. The van der Waals surface area contributed by atoms with Gasteiger partial charge in [0, 0.05) is 19.5 Å². The minimum atomic E-state index is 0.0234. The third kappa shape index (κ3) is 2.34. The highest BCUT2D eigenvalue weighted by Crippen LogP contribution is 2.38. The van der Waals surface area contributed by atoms with Gasteiger partial charge in [-0.3, -0.25) is 0 Å². The van der Waals surface area contributed by atoms with Crippen LogP contribution in [0.3, 0.4) is 0 Å². The average molecular weight is 271 g/mol. The molecule has 0 aliphatic carbocycles. The van der Waals surface area contributed by atoms with E-state index in [4.69, 9.17) is 11.6 Å². The molecular formula is C13H15ClS2. The maximum absolute atomic E-state index is 6.54. The lowest BCUT2D eigenvalue weighted by Crippen LogP contribution is -1.89. The van der Waals surface area contributed by atoms with Gasteiger partial charge in [0.05, 0.1) is 5.38 Å². The maximum atomic E-state index is 6.54. The molecule has 0 N–H and O–H groups in total. The molecule has 2 heterocycles. The molecule has 0 aliphatic rings. The first-order chi connectivity index (χ1) is 7.61. The van der Waals surface area contributed by atoms with Gasteiger partial charge in [-0.15, -0.1) is 34.3 Å². The number of alkyl halides is 1. The lowest BCUT2D eigenvalue weighted by atomic mass is 10.1. The predicted molar refractivity (Wildman–Crippen MR) is 75.2 cm³/mol. The summed E-state index contributed by atoms with van der Waals surface area (Å²) in [5.41, 5.74) is 1.27. The lowest BCUT2D eigenvalue weighted by molar-refractivity contribution is 1.17. The number of aryl methyl sites for hydroxylation is 3. The topological polar surface area (TPSA) is 0 Å². The normalized spacial score (nSPS) is 13.0. The SMILES string of the molecule is CCc1ccc(C(Cl)c2cc(C)sc2C)s1. The van der Waals surface area contributed by atoms with Crippen LogP contribution in [-0.4, -0.2) is 0 Å². The molecule has 0 saturated heterocycles. The van der Waals surface area contributed by atoms with E-state index in [0.717, 1.165) is 6.42 Å². The maximum Gasteiger partial charge on any atom is 0.0938 e. The summed E-state index contributed by atoms with van der Waals surface area (Å²) in [4.78, 5) is 5.35. The van der Waals surface area contributed by atoms with Gasteiger partial charge in [0.2, 0.25) is 0 Å². The first kappa shape index (κ1) is 12.2. The Kier molecular flexibility index (Phi) is 3.73. The van der Waals surface area contributed by atoms with Crippen LogP contribution in [0.15, 0.2) is 18.2 Å². The van der Waals surface area contributed by atoms with E-state index in [0.29, 0.717) is 0 Å². The molecule has 1 unspecified atom stereocenters. The minimum Gasteiger partial charge on any atom is -0.146 e. The smallest absolute Gasteiger partial charge is 0.0938 e. The molecule has 0 fully saturated rings. The molecule has 0 nitrogen and oxygen atoms in total. The van der Waals surface area contributed by atoms with Crippen LogP contribution in [0, 0.1) is 13.8 Å². The van der Waals surface area contributed by atoms with Crippen LogP contribution in [0.2, 0.25) is 0 Å². The summed E-state index contributed by atoms with van der Waals surface area (Å²) in [7, 11) is 0. The van der Waals surface area contributed by atoms with Gasteiger partial charge < -0.3 is 0 Å². The zero-order valence-corrected chi connectivity index (χ0v) is 12.1. The molecule has 0 aliphatic heterocycles. The van der Waals surface area contributed by atoms with Crippen molar-refractivity contribution in [3.63, 3.8) is 0 Å². The van der Waals surface area contributed by atoms with E-state index in [1.807, 2.05) is 22.7 Å². The number of thiophene rings is 2. The summed E-state index contributed by atoms with van der Waals surface area (Å²) >= 11 is 10.2. The zero-order chi connectivity index (χ0) is 11.7. The van der Waals surface area contributed by atoms with Gasteiger partial charge in [0.1, 0.15) is 0 Å². The Morgan fingerprint density at radius 3 is 2.50 bits per heavy atom. The summed E-state index contributed by atoms with van der Waals surface area (Å²) in [6.07, 6.45) is 1.09. The van der Waals surface area contributed by atoms with Crippen molar-refractivity contribution in [2.75, 3.05) is 0 Å². The molecule has 1 atom stereocenters. The molecule has 2 rings (SSSR count). The number of rotatable bonds is 3. The predicted octanol–water partition coefficient (Wildman–Crippen LogP) is 5.32. The van der Waals surface area contributed by atoms with Crippen molar-refractivity contribution in [2.24, 2.45) is 0 Å². The highest BCUT2D eigenvalue weighted by atomic mass is 35.5. The van der Waals surface area contributed by atoms with Gasteiger partial charge in [0.25, 0.3) is 0 Å². The summed E-state index contributed by atoms with van der Waals surface area (Å²) in [6, 6.07) is 6.56. The first-order valence-corrected chi connectivity index (χ1v) is 7.48. The number of hydrogen-bond donors (Lipinski definition) is 0. The van der Waals surface area contributed by atoms with Gasteiger partial charge in [0.15, 0.2) is 0 Å². The molecule has 0 bridgehead atoms. The Bertz CT molecular complexity index is 482. The monoisotopic (exact) mass is 270 g/mol. The van der Waals surface area contributed by atoms with Crippen LogP contribution < -0.4 is 0 Å². The molecule has 3 heteroatoms. The molecule has 86 valence electrons. The van der Waals surface area contributed by atoms with Crippen molar-refractivity contribution in [3.05, 3.63) is 43.3 Å². The molecule has 0 amide bonds. The van der Waals surface area contributed by atoms with Crippen molar-refractivity contribution in [1.29, 1.82) is 0 Å². The number of hydrogen-bond acceptors (Lipinski definition) is 2. The van der Waals surface area contributed by atoms with E-state index in [2.05, 4.69) is 39.0 Å². The van der Waals surface area contributed by atoms with Crippen molar-refractivity contribution < 1.29 is 0 Å². The van der Waals surface area contributed by atoms with Crippen LogP contribution in [0.4, 0.5) is 0 Å². The van der Waals surface area contributed by atoms with Crippen molar-refractivity contribution in [3.8, 4) is 0 Å². The molecule has 0 aromatic carbocycles. The van der Waals surface area contributed by atoms with Gasteiger partial charge >= 0.3 is 0 Å². The molecular weight excluding hydrogens is 256 g/mol. The fourth-order valence-corrected chi connectivity index (χ4v) is 4.19. The second kappa shape index (κ2) is 4.91. The average Bonchev–Trinajstić information content (AvgIpc) is 2.84. The summed E-state index contributed by atoms with van der Waals surface area (Å²) in [5, 5.41) is 0.0234. The Labute approximate surface area is 110 Å². The van der Waals surface area contributed by atoms with Gasteiger partial charge in [-0.2, -0.15) is 0 Å². The third-order valence-corrected chi connectivity index (χ3v) is 5.51. The highest BCUT2D eigenvalue weighted by Gasteiger charge is 2.16. The minimum absolute atomic E-state index is 0.0234. The van der Waals surface area contributed by atoms with E-state index in [-0.39, 0.29) is 5.38 Å². The zero-order valence-electron chi connectivity index (χ0n) is 9.71. The summed E-state index contributed by atoms with van der Waals surface area (Å²) < 4.78 is 0. The van der Waals surface area contributed by atoms with Gasteiger partial charge in [-0.05, 0) is 44.0 Å². The lowest BCUT2D eigenvalue weighted by Gasteiger charge is -2.06. The molecule has 2 aromatic rings. The van der Waals surface area contributed by atoms with E-state index >= 15 is 0 Å². The van der Waals surface area contributed by atoms with Crippen LogP contribution in [-0.2, 0) is 6.42 Å². The third-order valence-electron chi connectivity index (χ3n) is 2.63. The molecule has 0 saturated carbocycles. The number of halogens is 1. The van der Waals surface area contributed by atoms with E-state index in [9.17, 15) is 0 Å². The highest BCUT2D eigenvalue weighted by molar-refractivity contribution is 7.13. The van der Waals surface area contributed by atoms with Crippen LogP contribution in [0.25, 0.3) is 0 Å². The summed E-state index contributed by atoms with van der Waals surface area (Å²) in [6.45, 7) is 6.46. The molecule has 0 radical (unpaired) electrons. The van der Waals surface area contributed by atoms with Gasteiger partial charge in [-0.1, -0.05) is 6.92 Å². The Balaban J connectivity index is 2.31. The Morgan fingerprint density at radius 2 is 2.00 bits per heavy atom. The first-order valence-electron chi connectivity index (χ1n) is 5.41.